The van der Waals surface area contributed by atoms with Crippen LogP contribution in [0.4, 0.5) is 0 Å². The minimum absolute atomic E-state index is 0.452. The summed E-state index contributed by atoms with van der Waals surface area (Å²) in [6.07, 6.45) is 1.50. The Bertz CT molecular complexity index is 606. The topological polar surface area (TPSA) is 38.7 Å². The zero-order valence-electron chi connectivity index (χ0n) is 10.3. The number of hydrogen-bond acceptors (Lipinski definition) is 3. The van der Waals surface area contributed by atoms with Gasteiger partial charge in [0.2, 0.25) is 0 Å². The van der Waals surface area contributed by atoms with Gasteiger partial charge in [-0.1, -0.05) is 51.4 Å². The quantitative estimate of drug-likeness (QED) is 0.488. The van der Waals surface area contributed by atoms with Crippen LogP contribution in [0.25, 0.3) is 0 Å². The van der Waals surface area contributed by atoms with E-state index in [0.29, 0.717) is 5.56 Å². The molecule has 2 rings (SSSR count). The van der Waals surface area contributed by atoms with Gasteiger partial charge in [0.05, 0.1) is 11.8 Å². The molecule has 2 aromatic rings. The summed E-state index contributed by atoms with van der Waals surface area (Å²) in [5, 5.41) is 3.70. The first-order valence-corrected chi connectivity index (χ1v) is 6.52. The van der Waals surface area contributed by atoms with Crippen molar-refractivity contribution in [1.82, 2.24) is 0 Å². The van der Waals surface area contributed by atoms with Crippen molar-refractivity contribution in [3.8, 4) is 0 Å². The second kappa shape index (κ2) is 6.29. The summed E-state index contributed by atoms with van der Waals surface area (Å²) < 4.78 is 0.988. The van der Waals surface area contributed by atoms with Gasteiger partial charge < -0.3 is 4.84 Å². The molecule has 0 saturated carbocycles. The van der Waals surface area contributed by atoms with Gasteiger partial charge in [-0.3, -0.25) is 0 Å². The number of aryl methyl sites for hydroxylation is 1. The van der Waals surface area contributed by atoms with Crippen LogP contribution in [-0.4, -0.2) is 12.2 Å². The molecule has 0 radical (unpaired) electrons. The Kier molecular flexibility index (Phi) is 4.47. The number of carbonyl (C=O) groups excluding carboxylic acids is 1. The molecular formula is C15H12BrNO2. The first kappa shape index (κ1) is 13.5. The van der Waals surface area contributed by atoms with E-state index in [-0.39, 0.29) is 0 Å². The van der Waals surface area contributed by atoms with Gasteiger partial charge >= 0.3 is 5.97 Å². The molecule has 96 valence electrons. The van der Waals surface area contributed by atoms with Crippen LogP contribution in [-0.2, 0) is 4.84 Å². The summed E-state index contributed by atoms with van der Waals surface area (Å²) in [5.41, 5.74) is 2.25. The Morgan fingerprint density at radius 2 is 1.84 bits per heavy atom. The van der Waals surface area contributed by atoms with Crippen LogP contribution < -0.4 is 0 Å². The lowest BCUT2D eigenvalue weighted by molar-refractivity contribution is 0.0518. The predicted octanol–water partition coefficient (Wildman–Crippen LogP) is 3.95. The third-order valence-electron chi connectivity index (χ3n) is 2.57. The van der Waals surface area contributed by atoms with E-state index in [1.165, 1.54) is 6.21 Å². The van der Waals surface area contributed by atoms with Crippen LogP contribution in [0.5, 0.6) is 0 Å². The van der Waals surface area contributed by atoms with E-state index in [1.807, 2.05) is 43.3 Å². The van der Waals surface area contributed by atoms with Crippen molar-refractivity contribution >= 4 is 28.1 Å². The Balaban J connectivity index is 2.01. The molecule has 0 unspecified atom stereocenters. The van der Waals surface area contributed by atoms with E-state index < -0.39 is 5.97 Å². The molecular weight excluding hydrogens is 306 g/mol. The minimum atomic E-state index is -0.452. The van der Waals surface area contributed by atoms with Crippen LogP contribution in [0.15, 0.2) is 58.2 Å². The maximum absolute atomic E-state index is 11.8. The summed E-state index contributed by atoms with van der Waals surface area (Å²) in [6.45, 7) is 1.86. The van der Waals surface area contributed by atoms with E-state index in [4.69, 9.17) is 4.84 Å². The molecule has 0 amide bonds. The molecule has 0 bridgehead atoms. The summed E-state index contributed by atoms with van der Waals surface area (Å²) in [7, 11) is 0. The first-order chi connectivity index (χ1) is 9.16. The highest BCUT2D eigenvalue weighted by molar-refractivity contribution is 9.10. The maximum atomic E-state index is 11.8. The molecule has 0 N–H and O–H groups in total. The average Bonchev–Trinajstić information content (AvgIpc) is 2.41. The van der Waals surface area contributed by atoms with E-state index in [0.717, 1.165) is 15.6 Å². The molecule has 0 spiro atoms. The van der Waals surface area contributed by atoms with Gasteiger partial charge in [-0.05, 0) is 36.2 Å². The highest BCUT2D eigenvalue weighted by Gasteiger charge is 2.08. The molecule has 0 heterocycles. The summed E-state index contributed by atoms with van der Waals surface area (Å²) in [4.78, 5) is 16.6. The fourth-order valence-corrected chi connectivity index (χ4v) is 1.80. The van der Waals surface area contributed by atoms with Gasteiger partial charge in [-0.15, -0.1) is 0 Å². The summed E-state index contributed by atoms with van der Waals surface area (Å²) >= 11 is 3.35. The number of rotatable bonds is 3. The molecule has 19 heavy (non-hydrogen) atoms. The molecule has 0 aliphatic carbocycles. The van der Waals surface area contributed by atoms with Crippen molar-refractivity contribution in [2.45, 2.75) is 6.92 Å². The zero-order valence-corrected chi connectivity index (χ0v) is 11.9. The second-order valence-corrected chi connectivity index (χ2v) is 4.90. The van der Waals surface area contributed by atoms with Crippen LogP contribution in [0.1, 0.15) is 21.5 Å². The van der Waals surface area contributed by atoms with Crippen LogP contribution in [0.2, 0.25) is 0 Å². The molecule has 4 heteroatoms. The molecule has 3 nitrogen and oxygen atoms in total. The fourth-order valence-electron chi connectivity index (χ4n) is 1.54. The lowest BCUT2D eigenvalue weighted by Crippen LogP contribution is -2.03. The standard InChI is InChI=1S/C15H12BrNO2/c1-11-4-2-3-5-14(11)15(18)19-17-10-12-6-8-13(16)9-7-12/h2-10H,1H3/b17-10-. The van der Waals surface area contributed by atoms with E-state index in [2.05, 4.69) is 21.1 Å². The predicted molar refractivity (Wildman–Crippen MR) is 78.3 cm³/mol. The molecule has 2 aromatic carbocycles. The van der Waals surface area contributed by atoms with Crippen molar-refractivity contribution < 1.29 is 9.63 Å². The fraction of sp³-hybridized carbons (Fsp3) is 0.0667. The van der Waals surface area contributed by atoms with Crippen molar-refractivity contribution in [2.24, 2.45) is 5.16 Å². The van der Waals surface area contributed by atoms with Crippen LogP contribution >= 0.6 is 15.9 Å². The number of hydrogen-bond donors (Lipinski definition) is 0. The molecule has 0 atom stereocenters. The van der Waals surface area contributed by atoms with Crippen LogP contribution in [0.3, 0.4) is 0 Å². The molecule has 0 aliphatic rings. The van der Waals surface area contributed by atoms with E-state index >= 15 is 0 Å². The van der Waals surface area contributed by atoms with Crippen molar-refractivity contribution in [1.29, 1.82) is 0 Å². The normalized spacial score (nSPS) is 10.6. The van der Waals surface area contributed by atoms with E-state index in [9.17, 15) is 4.79 Å². The monoisotopic (exact) mass is 317 g/mol. The highest BCUT2D eigenvalue weighted by atomic mass is 79.9. The third-order valence-corrected chi connectivity index (χ3v) is 3.10. The number of oxime groups is 1. The maximum Gasteiger partial charge on any atom is 0.365 e. The number of benzene rings is 2. The van der Waals surface area contributed by atoms with Crippen molar-refractivity contribution in [2.75, 3.05) is 0 Å². The molecule has 0 aromatic heterocycles. The molecule has 0 fully saturated rings. The Morgan fingerprint density at radius 3 is 2.53 bits per heavy atom. The lowest BCUT2D eigenvalue weighted by Gasteiger charge is -2.01. The van der Waals surface area contributed by atoms with Gasteiger partial charge in [0.15, 0.2) is 0 Å². The molecule has 0 aliphatic heterocycles. The van der Waals surface area contributed by atoms with E-state index in [1.54, 1.807) is 12.1 Å². The van der Waals surface area contributed by atoms with Gasteiger partial charge in [0.25, 0.3) is 0 Å². The van der Waals surface area contributed by atoms with Gasteiger partial charge in [0.1, 0.15) is 0 Å². The van der Waals surface area contributed by atoms with Gasteiger partial charge in [-0.2, -0.15) is 0 Å². The van der Waals surface area contributed by atoms with Crippen LogP contribution in [0, 0.1) is 6.92 Å². The Labute approximate surface area is 120 Å². The lowest BCUT2D eigenvalue weighted by atomic mass is 10.1. The Morgan fingerprint density at radius 1 is 1.16 bits per heavy atom. The number of halogens is 1. The van der Waals surface area contributed by atoms with Crippen molar-refractivity contribution in [3.05, 3.63) is 69.7 Å². The number of carbonyl (C=O) groups is 1. The zero-order chi connectivity index (χ0) is 13.7. The second-order valence-electron chi connectivity index (χ2n) is 3.98. The van der Waals surface area contributed by atoms with Crippen molar-refractivity contribution in [3.63, 3.8) is 0 Å². The third kappa shape index (κ3) is 3.76. The first-order valence-electron chi connectivity index (χ1n) is 5.73. The summed E-state index contributed by atoms with van der Waals surface area (Å²) in [6, 6.07) is 14.8. The largest absolute Gasteiger partial charge is 0.365 e. The Hall–Kier alpha value is -1.94. The highest BCUT2D eigenvalue weighted by Crippen LogP contribution is 2.10. The van der Waals surface area contributed by atoms with Gasteiger partial charge in [0, 0.05) is 4.47 Å². The van der Waals surface area contributed by atoms with Gasteiger partial charge in [-0.25, -0.2) is 4.79 Å². The average molecular weight is 318 g/mol. The summed E-state index contributed by atoms with van der Waals surface area (Å²) in [5.74, 6) is -0.452. The minimum Gasteiger partial charge on any atom is -0.313 e. The number of nitrogens with zero attached hydrogens (tertiary/aromatic N) is 1. The smallest absolute Gasteiger partial charge is 0.313 e. The SMILES string of the molecule is Cc1ccccc1C(=O)O/N=C\c1ccc(Br)cc1. The molecule has 0 saturated heterocycles.